The summed E-state index contributed by atoms with van der Waals surface area (Å²) in [6.45, 7) is 4.59. The fraction of sp³-hybridized carbons (Fsp3) is 0.417. The van der Waals surface area contributed by atoms with Gasteiger partial charge in [0.05, 0.1) is 13.2 Å². The molecule has 0 heterocycles. The zero-order valence-electron chi connectivity index (χ0n) is 9.16. The van der Waals surface area contributed by atoms with Crippen LogP contribution in [0, 0.1) is 0 Å². The third kappa shape index (κ3) is 4.49. The Morgan fingerprint density at radius 2 is 1.67 bits per heavy atom. The predicted molar refractivity (Wildman–Crippen MR) is 58.4 cm³/mol. The molecule has 1 aromatic rings. The third-order valence-corrected chi connectivity index (χ3v) is 1.86. The molecule has 0 aromatic heterocycles. The molecule has 0 bridgehead atoms. The number of rotatable bonds is 6. The van der Waals surface area contributed by atoms with Crippen LogP contribution in [0.15, 0.2) is 24.3 Å². The Morgan fingerprint density at radius 1 is 1.13 bits per heavy atom. The highest BCUT2D eigenvalue weighted by Gasteiger charge is 1.97. The number of benzene rings is 1. The summed E-state index contributed by atoms with van der Waals surface area (Å²) in [6, 6.07) is 7.38. The first-order chi connectivity index (χ1) is 7.22. The SMILES string of the molecule is CCOc1ccc(OCCC(C)=O)cc1. The number of ether oxygens (including phenoxy) is 2. The predicted octanol–water partition coefficient (Wildman–Crippen LogP) is 2.44. The maximum absolute atomic E-state index is 10.7. The summed E-state index contributed by atoms with van der Waals surface area (Å²) < 4.78 is 10.7. The molecule has 1 aromatic carbocycles. The van der Waals surface area contributed by atoms with Gasteiger partial charge in [0, 0.05) is 6.42 Å². The smallest absolute Gasteiger partial charge is 0.133 e. The van der Waals surface area contributed by atoms with Crippen LogP contribution in [0.1, 0.15) is 20.3 Å². The Morgan fingerprint density at radius 3 is 2.13 bits per heavy atom. The molecule has 0 radical (unpaired) electrons. The third-order valence-electron chi connectivity index (χ3n) is 1.86. The van der Waals surface area contributed by atoms with Gasteiger partial charge in [-0.25, -0.2) is 0 Å². The number of carbonyl (C=O) groups excluding carboxylic acids is 1. The summed E-state index contributed by atoms with van der Waals surface area (Å²) >= 11 is 0. The lowest BCUT2D eigenvalue weighted by atomic mass is 10.3. The minimum absolute atomic E-state index is 0.140. The molecule has 0 saturated heterocycles. The fourth-order valence-electron chi connectivity index (χ4n) is 1.11. The largest absolute Gasteiger partial charge is 0.494 e. The van der Waals surface area contributed by atoms with Crippen LogP contribution in [0.25, 0.3) is 0 Å². The highest BCUT2D eigenvalue weighted by molar-refractivity contribution is 5.75. The second kappa shape index (κ2) is 6.06. The van der Waals surface area contributed by atoms with Gasteiger partial charge in [0.25, 0.3) is 0 Å². The highest BCUT2D eigenvalue weighted by Crippen LogP contribution is 2.17. The minimum atomic E-state index is 0.140. The molecule has 15 heavy (non-hydrogen) atoms. The van der Waals surface area contributed by atoms with E-state index in [4.69, 9.17) is 9.47 Å². The first-order valence-corrected chi connectivity index (χ1v) is 5.07. The molecule has 0 N–H and O–H groups in total. The van der Waals surface area contributed by atoms with Gasteiger partial charge in [0.2, 0.25) is 0 Å². The van der Waals surface area contributed by atoms with E-state index in [1.54, 1.807) is 6.92 Å². The average Bonchev–Trinajstić information content (AvgIpc) is 2.20. The summed E-state index contributed by atoms with van der Waals surface area (Å²) in [6.07, 6.45) is 0.452. The van der Waals surface area contributed by atoms with Crippen LogP contribution < -0.4 is 9.47 Å². The molecule has 0 aliphatic carbocycles. The van der Waals surface area contributed by atoms with Crippen molar-refractivity contribution in [1.29, 1.82) is 0 Å². The van der Waals surface area contributed by atoms with Gasteiger partial charge in [-0.05, 0) is 38.1 Å². The molecule has 0 atom stereocenters. The highest BCUT2D eigenvalue weighted by atomic mass is 16.5. The van der Waals surface area contributed by atoms with Crippen LogP contribution in [0.2, 0.25) is 0 Å². The zero-order chi connectivity index (χ0) is 11.1. The second-order valence-electron chi connectivity index (χ2n) is 3.20. The van der Waals surface area contributed by atoms with Gasteiger partial charge in [-0.1, -0.05) is 0 Å². The Bertz CT molecular complexity index is 303. The summed E-state index contributed by atoms with van der Waals surface area (Å²) in [5.74, 6) is 1.73. The van der Waals surface area contributed by atoms with Gasteiger partial charge in [-0.2, -0.15) is 0 Å². The number of carbonyl (C=O) groups is 1. The Balaban J connectivity index is 2.39. The van der Waals surface area contributed by atoms with Crippen LogP contribution in [-0.4, -0.2) is 19.0 Å². The summed E-state index contributed by atoms with van der Waals surface area (Å²) in [5.41, 5.74) is 0. The molecule has 1 rings (SSSR count). The number of Topliss-reactive ketones (excluding diaryl/α,β-unsaturated/α-hetero) is 1. The van der Waals surface area contributed by atoms with E-state index in [2.05, 4.69) is 0 Å². The van der Waals surface area contributed by atoms with Crippen molar-refractivity contribution in [3.63, 3.8) is 0 Å². The topological polar surface area (TPSA) is 35.5 Å². The molecule has 0 spiro atoms. The summed E-state index contributed by atoms with van der Waals surface area (Å²) in [4.78, 5) is 10.7. The maximum Gasteiger partial charge on any atom is 0.133 e. The summed E-state index contributed by atoms with van der Waals surface area (Å²) in [5, 5.41) is 0. The van der Waals surface area contributed by atoms with Crippen molar-refractivity contribution >= 4 is 5.78 Å². The van der Waals surface area contributed by atoms with Crippen molar-refractivity contribution in [3.05, 3.63) is 24.3 Å². The van der Waals surface area contributed by atoms with Crippen LogP contribution >= 0.6 is 0 Å². The van der Waals surface area contributed by atoms with Gasteiger partial charge in [0.1, 0.15) is 17.3 Å². The van der Waals surface area contributed by atoms with E-state index in [9.17, 15) is 4.79 Å². The van der Waals surface area contributed by atoms with Crippen LogP contribution in [0.3, 0.4) is 0 Å². The van der Waals surface area contributed by atoms with E-state index in [0.29, 0.717) is 19.6 Å². The van der Waals surface area contributed by atoms with Crippen molar-refractivity contribution in [2.24, 2.45) is 0 Å². The van der Waals surface area contributed by atoms with Crippen LogP contribution in [-0.2, 0) is 4.79 Å². The molecule has 0 saturated carbocycles. The first kappa shape index (κ1) is 11.6. The number of hydrogen-bond donors (Lipinski definition) is 0. The van der Waals surface area contributed by atoms with E-state index < -0.39 is 0 Å². The molecule has 3 nitrogen and oxygen atoms in total. The van der Waals surface area contributed by atoms with Crippen molar-refractivity contribution in [2.75, 3.05) is 13.2 Å². The molecular formula is C12H16O3. The molecule has 0 aliphatic heterocycles. The zero-order valence-corrected chi connectivity index (χ0v) is 9.16. The van der Waals surface area contributed by atoms with Gasteiger partial charge in [-0.15, -0.1) is 0 Å². The monoisotopic (exact) mass is 208 g/mol. The minimum Gasteiger partial charge on any atom is -0.494 e. The van der Waals surface area contributed by atoms with Crippen molar-refractivity contribution in [2.45, 2.75) is 20.3 Å². The Hall–Kier alpha value is -1.51. The number of hydrogen-bond acceptors (Lipinski definition) is 3. The first-order valence-electron chi connectivity index (χ1n) is 5.07. The fourth-order valence-corrected chi connectivity index (χ4v) is 1.11. The van der Waals surface area contributed by atoms with Crippen molar-refractivity contribution in [1.82, 2.24) is 0 Å². The second-order valence-corrected chi connectivity index (χ2v) is 3.20. The van der Waals surface area contributed by atoms with Crippen molar-refractivity contribution in [3.8, 4) is 11.5 Å². The molecule has 82 valence electrons. The lowest BCUT2D eigenvalue weighted by molar-refractivity contribution is -0.117. The lowest BCUT2D eigenvalue weighted by Gasteiger charge is -2.06. The Labute approximate surface area is 90.0 Å². The van der Waals surface area contributed by atoms with Gasteiger partial charge >= 0.3 is 0 Å². The lowest BCUT2D eigenvalue weighted by Crippen LogP contribution is -2.02. The van der Waals surface area contributed by atoms with Gasteiger partial charge in [-0.3, -0.25) is 4.79 Å². The van der Waals surface area contributed by atoms with E-state index in [1.165, 1.54) is 0 Å². The Kier molecular flexibility index (Phi) is 4.68. The van der Waals surface area contributed by atoms with E-state index in [-0.39, 0.29) is 5.78 Å². The molecule has 3 heteroatoms. The molecule has 0 amide bonds. The van der Waals surface area contributed by atoms with E-state index >= 15 is 0 Å². The standard InChI is InChI=1S/C12H16O3/c1-3-14-11-4-6-12(7-5-11)15-9-8-10(2)13/h4-7H,3,8-9H2,1-2H3. The molecule has 0 aliphatic rings. The van der Waals surface area contributed by atoms with E-state index in [1.807, 2.05) is 31.2 Å². The van der Waals surface area contributed by atoms with Gasteiger partial charge in [0.15, 0.2) is 0 Å². The maximum atomic E-state index is 10.7. The quantitative estimate of drug-likeness (QED) is 0.720. The molecular weight excluding hydrogens is 192 g/mol. The number of ketones is 1. The van der Waals surface area contributed by atoms with Gasteiger partial charge < -0.3 is 9.47 Å². The van der Waals surface area contributed by atoms with E-state index in [0.717, 1.165) is 11.5 Å². The summed E-state index contributed by atoms with van der Waals surface area (Å²) in [7, 11) is 0. The van der Waals surface area contributed by atoms with Crippen LogP contribution in [0.4, 0.5) is 0 Å². The van der Waals surface area contributed by atoms with Crippen molar-refractivity contribution < 1.29 is 14.3 Å². The molecule has 0 fully saturated rings. The average molecular weight is 208 g/mol. The normalized spacial score (nSPS) is 9.73. The van der Waals surface area contributed by atoms with Crippen LogP contribution in [0.5, 0.6) is 11.5 Å². The molecule has 0 unspecified atom stereocenters.